The second-order valence-electron chi connectivity index (χ2n) is 4.79. The van der Waals surface area contributed by atoms with Gasteiger partial charge < -0.3 is 9.64 Å². The molecule has 0 atom stereocenters. The third kappa shape index (κ3) is 5.32. The molecule has 0 amide bonds. The van der Waals surface area contributed by atoms with E-state index in [4.69, 9.17) is 10.00 Å². The lowest BCUT2D eigenvalue weighted by Crippen LogP contribution is -2.32. The summed E-state index contributed by atoms with van der Waals surface area (Å²) in [5, 5.41) is 8.71. The monoisotopic (exact) mass is 260 g/mol. The molecule has 1 aromatic carbocycles. The largest absolute Gasteiger partial charge is 0.494 e. The van der Waals surface area contributed by atoms with Gasteiger partial charge in [-0.15, -0.1) is 0 Å². The van der Waals surface area contributed by atoms with E-state index in [1.807, 2.05) is 12.1 Å². The number of rotatable bonds is 8. The number of ether oxygens (including phenoxy) is 1. The third-order valence-electron chi connectivity index (χ3n) is 3.47. The van der Waals surface area contributed by atoms with Crippen molar-refractivity contribution in [2.75, 3.05) is 20.2 Å². The Balaban J connectivity index is 2.25. The predicted molar refractivity (Wildman–Crippen MR) is 78.3 cm³/mol. The molecule has 0 N–H and O–H groups in total. The van der Waals surface area contributed by atoms with Crippen molar-refractivity contribution in [3.8, 4) is 11.8 Å². The molecular weight excluding hydrogens is 236 g/mol. The number of benzene rings is 1. The van der Waals surface area contributed by atoms with Crippen LogP contribution in [-0.2, 0) is 0 Å². The second-order valence-corrected chi connectivity index (χ2v) is 4.79. The number of hydrogen-bond acceptors (Lipinski definition) is 3. The van der Waals surface area contributed by atoms with Crippen molar-refractivity contribution in [3.05, 3.63) is 29.8 Å². The lowest BCUT2D eigenvalue weighted by Gasteiger charge is -2.25. The average Bonchev–Trinajstić information content (AvgIpc) is 2.45. The van der Waals surface area contributed by atoms with Crippen LogP contribution in [-0.4, -0.2) is 31.1 Å². The van der Waals surface area contributed by atoms with Crippen molar-refractivity contribution >= 4 is 0 Å². The van der Waals surface area contributed by atoms with Crippen LogP contribution >= 0.6 is 0 Å². The third-order valence-corrected chi connectivity index (χ3v) is 3.47. The van der Waals surface area contributed by atoms with Crippen molar-refractivity contribution in [1.82, 2.24) is 4.90 Å². The van der Waals surface area contributed by atoms with E-state index in [-0.39, 0.29) is 0 Å². The van der Waals surface area contributed by atoms with Crippen LogP contribution in [0.2, 0.25) is 0 Å². The molecule has 0 aliphatic rings. The molecule has 0 aliphatic heterocycles. The van der Waals surface area contributed by atoms with E-state index in [2.05, 4.69) is 31.9 Å². The molecular formula is C16H24N2O. The van der Waals surface area contributed by atoms with Gasteiger partial charge >= 0.3 is 0 Å². The summed E-state index contributed by atoms with van der Waals surface area (Å²) in [6.07, 6.45) is 3.42. The van der Waals surface area contributed by atoms with E-state index in [0.717, 1.165) is 25.3 Å². The lowest BCUT2D eigenvalue weighted by atomic mass is 10.1. The van der Waals surface area contributed by atoms with Gasteiger partial charge in [0.2, 0.25) is 0 Å². The minimum Gasteiger partial charge on any atom is -0.494 e. The molecule has 0 aromatic heterocycles. The molecule has 0 saturated carbocycles. The van der Waals surface area contributed by atoms with Crippen LogP contribution in [0.3, 0.4) is 0 Å². The summed E-state index contributed by atoms with van der Waals surface area (Å²) < 4.78 is 5.67. The van der Waals surface area contributed by atoms with Gasteiger partial charge in [0.1, 0.15) is 5.75 Å². The number of nitrogens with zero attached hydrogens (tertiary/aromatic N) is 2. The minimum atomic E-state index is 0.667. The van der Waals surface area contributed by atoms with Gasteiger partial charge in [0.05, 0.1) is 18.2 Å². The highest BCUT2D eigenvalue weighted by Gasteiger charge is 2.09. The standard InChI is InChI=1S/C16H24N2O/c1-4-15(5-2)18(3)11-6-12-19-16-9-7-14(13-17)8-10-16/h7-10,15H,4-6,11-12H2,1-3H3. The summed E-state index contributed by atoms with van der Waals surface area (Å²) in [6.45, 7) is 6.24. The molecule has 0 fully saturated rings. The van der Waals surface area contributed by atoms with E-state index in [1.54, 1.807) is 12.1 Å². The highest BCUT2D eigenvalue weighted by atomic mass is 16.5. The Morgan fingerprint density at radius 3 is 2.37 bits per heavy atom. The smallest absolute Gasteiger partial charge is 0.119 e. The number of nitriles is 1. The van der Waals surface area contributed by atoms with Gasteiger partial charge in [-0.05, 0) is 50.6 Å². The molecule has 0 unspecified atom stereocenters. The van der Waals surface area contributed by atoms with Crippen LogP contribution in [0.15, 0.2) is 24.3 Å². The molecule has 104 valence electrons. The van der Waals surface area contributed by atoms with E-state index in [9.17, 15) is 0 Å². The molecule has 1 rings (SSSR count). The summed E-state index contributed by atoms with van der Waals surface area (Å²) in [6, 6.07) is 10.0. The topological polar surface area (TPSA) is 36.3 Å². The molecule has 0 bridgehead atoms. The maximum Gasteiger partial charge on any atom is 0.119 e. The van der Waals surface area contributed by atoms with Gasteiger partial charge in [-0.3, -0.25) is 0 Å². The number of hydrogen-bond donors (Lipinski definition) is 0. The highest BCUT2D eigenvalue weighted by Crippen LogP contribution is 2.12. The van der Waals surface area contributed by atoms with Crippen LogP contribution in [0.5, 0.6) is 5.75 Å². The predicted octanol–water partition coefficient (Wildman–Crippen LogP) is 3.45. The first-order valence-electron chi connectivity index (χ1n) is 7.04. The second kappa shape index (κ2) is 8.55. The van der Waals surface area contributed by atoms with Gasteiger partial charge in [-0.25, -0.2) is 0 Å². The van der Waals surface area contributed by atoms with Crippen LogP contribution < -0.4 is 4.74 Å². The molecule has 1 aromatic rings. The fraction of sp³-hybridized carbons (Fsp3) is 0.562. The molecule has 0 spiro atoms. The summed E-state index contributed by atoms with van der Waals surface area (Å²) in [5.41, 5.74) is 0.667. The molecule has 3 heteroatoms. The summed E-state index contributed by atoms with van der Waals surface area (Å²) in [7, 11) is 2.18. The van der Waals surface area contributed by atoms with E-state index >= 15 is 0 Å². The average molecular weight is 260 g/mol. The fourth-order valence-corrected chi connectivity index (χ4v) is 2.22. The summed E-state index contributed by atoms with van der Waals surface area (Å²) in [5.74, 6) is 0.837. The zero-order valence-corrected chi connectivity index (χ0v) is 12.2. The molecule has 3 nitrogen and oxygen atoms in total. The van der Waals surface area contributed by atoms with Crippen molar-refractivity contribution in [2.45, 2.75) is 39.2 Å². The zero-order valence-electron chi connectivity index (χ0n) is 12.2. The zero-order chi connectivity index (χ0) is 14.1. The van der Waals surface area contributed by atoms with Crippen molar-refractivity contribution in [2.24, 2.45) is 0 Å². The molecule has 0 radical (unpaired) electrons. The lowest BCUT2D eigenvalue weighted by molar-refractivity contribution is 0.205. The normalized spacial score (nSPS) is 10.7. The van der Waals surface area contributed by atoms with Crippen molar-refractivity contribution in [1.29, 1.82) is 5.26 Å². The maximum atomic E-state index is 8.71. The maximum absolute atomic E-state index is 8.71. The summed E-state index contributed by atoms with van der Waals surface area (Å²) in [4.78, 5) is 2.40. The van der Waals surface area contributed by atoms with Crippen LogP contribution in [0.4, 0.5) is 0 Å². The Labute approximate surface area is 116 Å². The van der Waals surface area contributed by atoms with Crippen molar-refractivity contribution in [3.63, 3.8) is 0 Å². The SMILES string of the molecule is CCC(CC)N(C)CCCOc1ccc(C#N)cc1. The Morgan fingerprint density at radius 1 is 1.21 bits per heavy atom. The molecule has 0 heterocycles. The van der Waals surface area contributed by atoms with Crippen LogP contribution in [0.1, 0.15) is 38.7 Å². The van der Waals surface area contributed by atoms with E-state index in [0.29, 0.717) is 11.6 Å². The van der Waals surface area contributed by atoms with Crippen molar-refractivity contribution < 1.29 is 4.74 Å². The summed E-state index contributed by atoms with van der Waals surface area (Å²) >= 11 is 0. The minimum absolute atomic E-state index is 0.667. The first-order valence-corrected chi connectivity index (χ1v) is 7.04. The van der Waals surface area contributed by atoms with Gasteiger partial charge in [0, 0.05) is 12.6 Å². The first-order chi connectivity index (χ1) is 9.21. The van der Waals surface area contributed by atoms with Gasteiger partial charge in [0.15, 0.2) is 0 Å². The Morgan fingerprint density at radius 2 is 1.84 bits per heavy atom. The molecule has 19 heavy (non-hydrogen) atoms. The Hall–Kier alpha value is -1.53. The highest BCUT2D eigenvalue weighted by molar-refractivity contribution is 5.34. The quantitative estimate of drug-likeness (QED) is 0.672. The van der Waals surface area contributed by atoms with Gasteiger partial charge in [-0.1, -0.05) is 13.8 Å². The Bertz CT molecular complexity index is 390. The Kier molecular flexibility index (Phi) is 6.99. The van der Waals surface area contributed by atoms with Crippen LogP contribution in [0, 0.1) is 11.3 Å². The van der Waals surface area contributed by atoms with Gasteiger partial charge in [-0.2, -0.15) is 5.26 Å². The first kappa shape index (κ1) is 15.5. The molecule has 0 aliphatic carbocycles. The van der Waals surface area contributed by atoms with Crippen LogP contribution in [0.25, 0.3) is 0 Å². The van der Waals surface area contributed by atoms with E-state index < -0.39 is 0 Å². The van der Waals surface area contributed by atoms with Gasteiger partial charge in [0.25, 0.3) is 0 Å². The van der Waals surface area contributed by atoms with E-state index in [1.165, 1.54) is 12.8 Å². The fourth-order valence-electron chi connectivity index (χ4n) is 2.22. The molecule has 0 saturated heterocycles.